The molecule has 0 fully saturated rings. The van der Waals surface area contributed by atoms with Crippen molar-refractivity contribution >= 4 is 5.97 Å². The molecule has 14 heavy (non-hydrogen) atoms. The molecule has 0 rings (SSSR count). The molecule has 0 saturated heterocycles. The Morgan fingerprint density at radius 1 is 1.43 bits per heavy atom. The van der Waals surface area contributed by atoms with Crippen LogP contribution in [-0.2, 0) is 4.79 Å². The van der Waals surface area contributed by atoms with E-state index in [0.717, 1.165) is 19.3 Å². The minimum Gasteiger partial charge on any atom is -0.481 e. The van der Waals surface area contributed by atoms with Crippen molar-refractivity contribution in [2.24, 2.45) is 11.8 Å². The predicted octanol–water partition coefficient (Wildman–Crippen LogP) is 3.48. The van der Waals surface area contributed by atoms with E-state index in [1.165, 1.54) is 12.8 Å². The molecular weight excluding hydrogens is 176 g/mol. The van der Waals surface area contributed by atoms with Gasteiger partial charge in [-0.2, -0.15) is 0 Å². The number of hydrogen-bond acceptors (Lipinski definition) is 1. The van der Waals surface area contributed by atoms with Gasteiger partial charge in [-0.1, -0.05) is 32.8 Å². The fraction of sp³-hybridized carbons (Fsp3) is 0.750. The summed E-state index contributed by atoms with van der Waals surface area (Å²) < 4.78 is 0. The zero-order valence-corrected chi connectivity index (χ0v) is 9.33. The number of aliphatic carboxylic acids is 1. The van der Waals surface area contributed by atoms with Gasteiger partial charge in [0.15, 0.2) is 0 Å². The van der Waals surface area contributed by atoms with Crippen LogP contribution in [0.5, 0.6) is 0 Å². The molecule has 0 radical (unpaired) electrons. The van der Waals surface area contributed by atoms with Gasteiger partial charge in [0.05, 0.1) is 5.92 Å². The quantitative estimate of drug-likeness (QED) is 0.479. The van der Waals surface area contributed by atoms with Gasteiger partial charge in [0, 0.05) is 0 Å². The lowest BCUT2D eigenvalue weighted by molar-refractivity contribution is -0.141. The van der Waals surface area contributed by atoms with Gasteiger partial charge in [-0.25, -0.2) is 0 Å². The van der Waals surface area contributed by atoms with Gasteiger partial charge in [-0.3, -0.25) is 4.79 Å². The van der Waals surface area contributed by atoms with E-state index in [2.05, 4.69) is 13.5 Å². The molecule has 0 aliphatic carbocycles. The van der Waals surface area contributed by atoms with Gasteiger partial charge in [0.25, 0.3) is 0 Å². The van der Waals surface area contributed by atoms with Crippen LogP contribution in [0.2, 0.25) is 0 Å². The van der Waals surface area contributed by atoms with Crippen molar-refractivity contribution < 1.29 is 9.90 Å². The molecule has 1 N–H and O–H groups in total. The Bertz CT molecular complexity index is 175. The summed E-state index contributed by atoms with van der Waals surface area (Å²) in [6.07, 6.45) is 7.29. The number of carboxylic acid groups (broad SMARTS) is 1. The first-order valence-corrected chi connectivity index (χ1v) is 5.41. The number of carboxylic acids is 1. The largest absolute Gasteiger partial charge is 0.481 e. The van der Waals surface area contributed by atoms with E-state index in [4.69, 9.17) is 5.11 Å². The van der Waals surface area contributed by atoms with Crippen LogP contribution in [0.1, 0.15) is 46.0 Å². The van der Waals surface area contributed by atoms with Crippen molar-refractivity contribution in [1.29, 1.82) is 0 Å². The second-order valence-corrected chi connectivity index (χ2v) is 4.15. The third kappa shape index (κ3) is 6.70. The highest BCUT2D eigenvalue weighted by molar-refractivity contribution is 5.69. The second kappa shape index (κ2) is 7.60. The van der Waals surface area contributed by atoms with Gasteiger partial charge in [-0.15, -0.1) is 6.58 Å². The van der Waals surface area contributed by atoms with E-state index < -0.39 is 5.97 Å². The molecule has 2 heteroatoms. The fourth-order valence-corrected chi connectivity index (χ4v) is 1.60. The van der Waals surface area contributed by atoms with Crippen molar-refractivity contribution in [2.75, 3.05) is 0 Å². The van der Waals surface area contributed by atoms with Crippen molar-refractivity contribution in [3.05, 3.63) is 12.7 Å². The molecule has 0 amide bonds. The molecular formula is C12H22O2. The maximum atomic E-state index is 10.6. The summed E-state index contributed by atoms with van der Waals surface area (Å²) in [6, 6.07) is 0. The Balaban J connectivity index is 3.49. The van der Waals surface area contributed by atoms with Crippen LogP contribution in [0.25, 0.3) is 0 Å². The van der Waals surface area contributed by atoms with E-state index in [9.17, 15) is 4.79 Å². The number of unbranched alkanes of at least 4 members (excludes halogenated alkanes) is 2. The summed E-state index contributed by atoms with van der Waals surface area (Å²) in [6.45, 7) is 7.58. The molecule has 0 aliphatic rings. The van der Waals surface area contributed by atoms with Gasteiger partial charge in [0.2, 0.25) is 0 Å². The van der Waals surface area contributed by atoms with Crippen LogP contribution in [0.15, 0.2) is 12.7 Å². The van der Waals surface area contributed by atoms with Gasteiger partial charge >= 0.3 is 5.97 Å². The average molecular weight is 198 g/mol. The molecule has 2 unspecified atom stereocenters. The lowest BCUT2D eigenvalue weighted by Gasteiger charge is -2.13. The molecule has 0 aromatic carbocycles. The Kier molecular flexibility index (Phi) is 7.17. The Hall–Kier alpha value is -0.790. The molecule has 0 heterocycles. The number of carbonyl (C=O) groups is 1. The highest BCUT2D eigenvalue weighted by atomic mass is 16.4. The highest BCUT2D eigenvalue weighted by Crippen LogP contribution is 2.18. The highest BCUT2D eigenvalue weighted by Gasteiger charge is 2.14. The molecule has 0 spiro atoms. The third-order valence-corrected chi connectivity index (χ3v) is 2.53. The number of hydrogen-bond donors (Lipinski definition) is 1. The second-order valence-electron chi connectivity index (χ2n) is 4.15. The number of allylic oxidation sites excluding steroid dienone is 1. The van der Waals surface area contributed by atoms with Gasteiger partial charge in [-0.05, 0) is 25.2 Å². The first-order chi connectivity index (χ1) is 6.57. The summed E-state index contributed by atoms with van der Waals surface area (Å²) in [5.41, 5.74) is 0. The molecule has 82 valence electrons. The third-order valence-electron chi connectivity index (χ3n) is 2.53. The van der Waals surface area contributed by atoms with E-state index in [1.54, 1.807) is 6.92 Å². The zero-order valence-electron chi connectivity index (χ0n) is 9.33. The molecule has 2 atom stereocenters. The van der Waals surface area contributed by atoms with E-state index >= 15 is 0 Å². The lowest BCUT2D eigenvalue weighted by Crippen LogP contribution is -2.13. The lowest BCUT2D eigenvalue weighted by atomic mass is 9.93. The first-order valence-electron chi connectivity index (χ1n) is 5.41. The van der Waals surface area contributed by atoms with Crippen LogP contribution < -0.4 is 0 Å². The first kappa shape index (κ1) is 13.2. The molecule has 0 aliphatic heterocycles. The van der Waals surface area contributed by atoms with Gasteiger partial charge in [0.1, 0.15) is 0 Å². The smallest absolute Gasteiger partial charge is 0.306 e. The maximum absolute atomic E-state index is 10.6. The van der Waals surface area contributed by atoms with Crippen molar-refractivity contribution in [1.82, 2.24) is 0 Å². The van der Waals surface area contributed by atoms with E-state index in [1.807, 2.05) is 6.08 Å². The summed E-state index contributed by atoms with van der Waals surface area (Å²) in [7, 11) is 0. The zero-order chi connectivity index (χ0) is 11.0. The summed E-state index contributed by atoms with van der Waals surface area (Å²) in [5, 5.41) is 8.73. The Morgan fingerprint density at radius 3 is 2.57 bits per heavy atom. The Morgan fingerprint density at radius 2 is 2.07 bits per heavy atom. The number of rotatable bonds is 8. The van der Waals surface area contributed by atoms with E-state index in [0.29, 0.717) is 5.92 Å². The van der Waals surface area contributed by atoms with Crippen LogP contribution in [-0.4, -0.2) is 11.1 Å². The molecule has 0 bridgehead atoms. The molecule has 2 nitrogen and oxygen atoms in total. The molecule has 0 aromatic rings. The van der Waals surface area contributed by atoms with Gasteiger partial charge < -0.3 is 5.11 Å². The minimum atomic E-state index is -0.678. The van der Waals surface area contributed by atoms with Crippen LogP contribution in [0, 0.1) is 11.8 Å². The van der Waals surface area contributed by atoms with Crippen LogP contribution in [0.4, 0.5) is 0 Å². The minimum absolute atomic E-state index is 0.204. The molecule has 0 aromatic heterocycles. The van der Waals surface area contributed by atoms with Crippen molar-refractivity contribution in [2.45, 2.75) is 46.0 Å². The monoisotopic (exact) mass is 198 g/mol. The topological polar surface area (TPSA) is 37.3 Å². The van der Waals surface area contributed by atoms with Crippen molar-refractivity contribution in [3.8, 4) is 0 Å². The normalized spacial score (nSPS) is 14.7. The van der Waals surface area contributed by atoms with Crippen molar-refractivity contribution in [3.63, 3.8) is 0 Å². The van der Waals surface area contributed by atoms with Crippen LogP contribution >= 0.6 is 0 Å². The summed E-state index contributed by atoms with van der Waals surface area (Å²) >= 11 is 0. The Labute approximate surface area is 87.0 Å². The maximum Gasteiger partial charge on any atom is 0.306 e. The SMILES string of the molecule is C=CCCCCC(C)CC(C)C(=O)O. The predicted molar refractivity (Wildman–Crippen MR) is 59.2 cm³/mol. The standard InChI is InChI=1S/C12H22O2/c1-4-5-6-7-8-10(2)9-11(3)12(13)14/h4,10-11H,1,5-9H2,2-3H3,(H,13,14). The fourth-order valence-electron chi connectivity index (χ4n) is 1.60. The average Bonchev–Trinajstić information content (AvgIpc) is 2.12. The summed E-state index contributed by atoms with van der Waals surface area (Å²) in [4.78, 5) is 10.6. The van der Waals surface area contributed by atoms with Crippen LogP contribution in [0.3, 0.4) is 0 Å². The summed E-state index contributed by atoms with van der Waals surface area (Å²) in [5.74, 6) is -0.363. The molecule has 0 saturated carbocycles. The van der Waals surface area contributed by atoms with E-state index in [-0.39, 0.29) is 5.92 Å².